The van der Waals surface area contributed by atoms with E-state index in [9.17, 15) is 0 Å². The van der Waals surface area contributed by atoms with Crippen molar-refractivity contribution in [1.82, 2.24) is 24.6 Å². The molecule has 0 N–H and O–H groups in total. The summed E-state index contributed by atoms with van der Waals surface area (Å²) in [5, 5.41) is 4.34. The van der Waals surface area contributed by atoms with Gasteiger partial charge >= 0.3 is 0 Å². The van der Waals surface area contributed by atoms with Crippen molar-refractivity contribution < 1.29 is 0 Å². The van der Waals surface area contributed by atoms with Gasteiger partial charge < -0.3 is 0 Å². The van der Waals surface area contributed by atoms with E-state index in [-0.39, 0.29) is 0 Å². The molecule has 0 radical (unpaired) electrons. The summed E-state index contributed by atoms with van der Waals surface area (Å²) in [6, 6.07) is 2.45. The average Bonchev–Trinajstić information content (AvgIpc) is 2.81. The van der Waals surface area contributed by atoms with Gasteiger partial charge in [0, 0.05) is 31.0 Å². The topological polar surface area (TPSA) is 46.8 Å². The third-order valence-corrected chi connectivity index (χ3v) is 4.27. The molecule has 20 heavy (non-hydrogen) atoms. The lowest BCUT2D eigenvalue weighted by molar-refractivity contribution is 0.137. The molecule has 0 aromatic carbocycles. The van der Waals surface area contributed by atoms with E-state index >= 15 is 0 Å². The molecule has 1 fully saturated rings. The minimum Gasteiger partial charge on any atom is -0.290 e. The molecule has 1 aliphatic heterocycles. The molecular weight excluding hydrogens is 250 g/mol. The zero-order valence-corrected chi connectivity index (χ0v) is 12.2. The molecule has 1 aliphatic rings. The number of aromatic nitrogens is 4. The van der Waals surface area contributed by atoms with Gasteiger partial charge in [0.2, 0.25) is 0 Å². The van der Waals surface area contributed by atoms with Gasteiger partial charge in [-0.25, -0.2) is 9.97 Å². The van der Waals surface area contributed by atoms with E-state index in [1.54, 1.807) is 6.33 Å². The zero-order valence-electron chi connectivity index (χ0n) is 12.2. The minimum atomic E-state index is 0.409. The first-order valence-corrected chi connectivity index (χ1v) is 7.23. The predicted octanol–water partition coefficient (Wildman–Crippen LogP) is 2.25. The summed E-state index contributed by atoms with van der Waals surface area (Å²) in [5.41, 5.74) is 3.70. The molecule has 5 nitrogen and oxygen atoms in total. The van der Waals surface area contributed by atoms with E-state index in [1.165, 1.54) is 30.5 Å². The number of nitrogens with zero attached hydrogens (tertiary/aromatic N) is 5. The fraction of sp³-hybridized carbons (Fsp3) is 0.533. The normalized spacial score (nSPS) is 20.2. The summed E-state index contributed by atoms with van der Waals surface area (Å²) >= 11 is 0. The van der Waals surface area contributed by atoms with Gasteiger partial charge in [0.25, 0.3) is 0 Å². The highest BCUT2D eigenvalue weighted by Crippen LogP contribution is 2.31. The van der Waals surface area contributed by atoms with E-state index in [0.717, 1.165) is 18.8 Å². The van der Waals surface area contributed by atoms with E-state index in [2.05, 4.69) is 26.9 Å². The third kappa shape index (κ3) is 2.58. The highest BCUT2D eigenvalue weighted by Gasteiger charge is 2.25. The molecule has 106 valence electrons. The van der Waals surface area contributed by atoms with Crippen LogP contribution < -0.4 is 0 Å². The Kier molecular flexibility index (Phi) is 3.78. The molecule has 3 heterocycles. The van der Waals surface area contributed by atoms with Crippen LogP contribution in [0.5, 0.6) is 0 Å². The number of hydrogen-bond donors (Lipinski definition) is 0. The van der Waals surface area contributed by atoms with Crippen LogP contribution in [-0.4, -0.2) is 31.2 Å². The van der Waals surface area contributed by atoms with Gasteiger partial charge in [0.1, 0.15) is 6.33 Å². The lowest BCUT2D eigenvalue weighted by atomic mass is 9.98. The molecule has 0 amide bonds. The van der Waals surface area contributed by atoms with Crippen molar-refractivity contribution in [3.8, 4) is 0 Å². The number of rotatable bonds is 3. The van der Waals surface area contributed by atoms with Crippen LogP contribution in [0.1, 0.15) is 42.3 Å². The number of hydrogen-bond acceptors (Lipinski definition) is 4. The summed E-state index contributed by atoms with van der Waals surface area (Å²) in [5.74, 6) is 0. The Morgan fingerprint density at radius 1 is 1.35 bits per heavy atom. The maximum Gasteiger partial charge on any atom is 0.115 e. The quantitative estimate of drug-likeness (QED) is 0.859. The molecular formula is C15H21N5. The minimum absolute atomic E-state index is 0.409. The van der Waals surface area contributed by atoms with Crippen molar-refractivity contribution in [3.63, 3.8) is 0 Å². The first-order chi connectivity index (χ1) is 9.75. The summed E-state index contributed by atoms with van der Waals surface area (Å²) < 4.78 is 1.94. The van der Waals surface area contributed by atoms with E-state index in [1.807, 2.05) is 30.2 Å². The molecule has 0 spiro atoms. The largest absolute Gasteiger partial charge is 0.290 e. The van der Waals surface area contributed by atoms with Crippen LogP contribution in [0, 0.1) is 6.92 Å². The van der Waals surface area contributed by atoms with Crippen LogP contribution in [0.3, 0.4) is 0 Å². The van der Waals surface area contributed by atoms with Crippen LogP contribution in [0.2, 0.25) is 0 Å². The maximum absolute atomic E-state index is 4.45. The van der Waals surface area contributed by atoms with E-state index in [0.29, 0.717) is 6.04 Å². The fourth-order valence-corrected chi connectivity index (χ4v) is 2.93. The first kappa shape index (κ1) is 13.2. The van der Waals surface area contributed by atoms with Gasteiger partial charge in [-0.1, -0.05) is 6.42 Å². The molecule has 1 atom stereocenters. The predicted molar refractivity (Wildman–Crippen MR) is 77.0 cm³/mol. The van der Waals surface area contributed by atoms with Gasteiger partial charge in [-0.05, 0) is 32.4 Å². The van der Waals surface area contributed by atoms with Crippen molar-refractivity contribution in [2.75, 3.05) is 6.54 Å². The fourth-order valence-electron chi connectivity index (χ4n) is 2.93. The molecule has 0 saturated carbocycles. The average molecular weight is 271 g/mol. The second-order valence-electron chi connectivity index (χ2n) is 5.50. The van der Waals surface area contributed by atoms with Gasteiger partial charge in [-0.2, -0.15) is 5.10 Å². The van der Waals surface area contributed by atoms with Crippen LogP contribution in [0.25, 0.3) is 0 Å². The lowest BCUT2D eigenvalue weighted by Gasteiger charge is -2.35. The Balaban J connectivity index is 1.81. The van der Waals surface area contributed by atoms with E-state index < -0.39 is 0 Å². The Labute approximate surface area is 119 Å². The van der Waals surface area contributed by atoms with Crippen molar-refractivity contribution in [2.24, 2.45) is 7.05 Å². The van der Waals surface area contributed by atoms with E-state index in [4.69, 9.17) is 0 Å². The molecule has 2 aromatic rings. The molecule has 3 rings (SSSR count). The van der Waals surface area contributed by atoms with Crippen molar-refractivity contribution in [3.05, 3.63) is 41.7 Å². The van der Waals surface area contributed by atoms with Gasteiger partial charge in [0.05, 0.1) is 17.9 Å². The summed E-state index contributed by atoms with van der Waals surface area (Å²) in [4.78, 5) is 11.0. The smallest absolute Gasteiger partial charge is 0.115 e. The number of likely N-dealkylation sites (tertiary alicyclic amines) is 1. The van der Waals surface area contributed by atoms with Crippen molar-refractivity contribution in [2.45, 2.75) is 38.8 Å². The van der Waals surface area contributed by atoms with Gasteiger partial charge in [-0.3, -0.25) is 9.58 Å². The molecule has 1 unspecified atom stereocenters. The monoisotopic (exact) mass is 271 g/mol. The zero-order chi connectivity index (χ0) is 13.9. The summed E-state index contributed by atoms with van der Waals surface area (Å²) in [6.45, 7) is 4.21. The Hall–Kier alpha value is -1.75. The van der Waals surface area contributed by atoms with Crippen LogP contribution in [0.15, 0.2) is 24.8 Å². The lowest BCUT2D eigenvalue weighted by Crippen LogP contribution is -2.33. The van der Waals surface area contributed by atoms with Gasteiger partial charge in [0.15, 0.2) is 0 Å². The second-order valence-corrected chi connectivity index (χ2v) is 5.50. The Morgan fingerprint density at radius 2 is 2.25 bits per heavy atom. The summed E-state index contributed by atoms with van der Waals surface area (Å²) in [7, 11) is 2.00. The maximum atomic E-state index is 4.45. The Morgan fingerprint density at radius 3 is 2.95 bits per heavy atom. The summed E-state index contributed by atoms with van der Waals surface area (Å²) in [6.07, 6.45) is 9.19. The highest BCUT2D eigenvalue weighted by molar-refractivity contribution is 5.17. The molecule has 5 heteroatoms. The van der Waals surface area contributed by atoms with Crippen LogP contribution in [0.4, 0.5) is 0 Å². The van der Waals surface area contributed by atoms with Crippen LogP contribution >= 0.6 is 0 Å². The number of aryl methyl sites for hydroxylation is 1. The third-order valence-electron chi connectivity index (χ3n) is 4.27. The molecule has 0 aliphatic carbocycles. The molecule has 2 aromatic heterocycles. The first-order valence-electron chi connectivity index (χ1n) is 7.23. The SMILES string of the molecule is Cc1c(CN2CCCCC2c2ccncn2)cnn1C. The number of piperidine rings is 1. The van der Waals surface area contributed by atoms with Crippen molar-refractivity contribution in [1.29, 1.82) is 0 Å². The highest BCUT2D eigenvalue weighted by atomic mass is 15.3. The second kappa shape index (κ2) is 5.71. The van der Waals surface area contributed by atoms with Crippen LogP contribution in [-0.2, 0) is 13.6 Å². The standard InChI is InChI=1S/C15H21N5/c1-12-13(9-18-19(12)2)10-20-8-4-3-5-15(20)14-6-7-16-11-17-14/h6-7,9,11,15H,3-5,8,10H2,1-2H3. The van der Waals surface area contributed by atoms with Crippen molar-refractivity contribution >= 4 is 0 Å². The molecule has 0 bridgehead atoms. The Bertz CT molecular complexity index is 563. The molecule has 1 saturated heterocycles. The van der Waals surface area contributed by atoms with Gasteiger partial charge in [-0.15, -0.1) is 0 Å².